The summed E-state index contributed by atoms with van der Waals surface area (Å²) >= 11 is 0. The number of hydrogen-bond donors (Lipinski definition) is 2. The maximum atomic E-state index is 5.64. The number of aromatic amines is 1. The summed E-state index contributed by atoms with van der Waals surface area (Å²) < 4.78 is 13.1. The number of nitrogens with zero attached hydrogens (tertiary/aromatic N) is 4. The van der Waals surface area contributed by atoms with Crippen LogP contribution in [0, 0.1) is 0 Å². The quantitative estimate of drug-likeness (QED) is 0.424. The number of pyridine rings is 1. The van der Waals surface area contributed by atoms with Gasteiger partial charge in [0.05, 0.1) is 26.0 Å². The molecular weight excluding hydrogens is 452 g/mol. The van der Waals surface area contributed by atoms with Crippen molar-refractivity contribution in [3.8, 4) is 17.0 Å². The molecule has 0 aliphatic carbocycles. The highest BCUT2D eigenvalue weighted by molar-refractivity contribution is 5.92. The van der Waals surface area contributed by atoms with Crippen molar-refractivity contribution in [2.75, 3.05) is 46.5 Å². The second-order valence-corrected chi connectivity index (χ2v) is 10.5. The molecule has 3 aromatic heterocycles. The summed E-state index contributed by atoms with van der Waals surface area (Å²) in [6.07, 6.45) is 6.00. The average Bonchev–Trinajstić information content (AvgIpc) is 3.53. The van der Waals surface area contributed by atoms with Crippen molar-refractivity contribution in [3.05, 3.63) is 47.9 Å². The molecule has 8 nitrogen and oxygen atoms in total. The minimum absolute atomic E-state index is 0.369. The van der Waals surface area contributed by atoms with Crippen molar-refractivity contribution in [2.45, 2.75) is 44.6 Å². The number of nitrogens with one attached hydrogen (secondary N) is 2. The highest BCUT2D eigenvalue weighted by Gasteiger charge is 2.25. The first kappa shape index (κ1) is 23.5. The highest BCUT2D eigenvalue weighted by Crippen LogP contribution is 2.39. The standard InChI is InChI=1S/C28H36N6O2/c1-18(2)26-23-12-20(19-6-9-33(10-7-19)15-22-16-36-11-8-29-22)4-5-24(23)32-27(26)21-13-25(35-3)28-30-17-31-34(28)14-21/h4-5,12-14,17-19,22,29,32H,6-11,15-16H2,1-3H3/t22-/m1/s1. The van der Waals surface area contributed by atoms with Crippen LogP contribution in [0.15, 0.2) is 36.8 Å². The third kappa shape index (κ3) is 4.38. The lowest BCUT2D eigenvalue weighted by atomic mass is 9.87. The Balaban J connectivity index is 1.27. The molecule has 2 aliphatic heterocycles. The largest absolute Gasteiger partial charge is 0.493 e. The van der Waals surface area contributed by atoms with Gasteiger partial charge in [0.15, 0.2) is 11.4 Å². The molecular formula is C28H36N6O2. The van der Waals surface area contributed by atoms with Crippen LogP contribution in [0.25, 0.3) is 27.8 Å². The third-order valence-corrected chi connectivity index (χ3v) is 7.83. The molecule has 1 aromatic carbocycles. The topological polar surface area (TPSA) is 79.7 Å². The van der Waals surface area contributed by atoms with Gasteiger partial charge in [-0.3, -0.25) is 0 Å². The van der Waals surface area contributed by atoms with Gasteiger partial charge in [0.25, 0.3) is 0 Å². The predicted octanol–water partition coefficient (Wildman–Crippen LogP) is 4.18. The van der Waals surface area contributed by atoms with Gasteiger partial charge in [0.2, 0.25) is 0 Å². The lowest BCUT2D eigenvalue weighted by Gasteiger charge is -2.35. The van der Waals surface area contributed by atoms with Gasteiger partial charge in [0.1, 0.15) is 6.33 Å². The number of fused-ring (bicyclic) bond motifs is 2. The molecule has 0 amide bonds. The zero-order chi connectivity index (χ0) is 24.6. The lowest BCUT2D eigenvalue weighted by molar-refractivity contribution is 0.0578. The molecule has 2 aliphatic rings. The number of ether oxygens (including phenoxy) is 2. The second kappa shape index (κ2) is 9.84. The van der Waals surface area contributed by atoms with Crippen LogP contribution in [0.3, 0.4) is 0 Å². The summed E-state index contributed by atoms with van der Waals surface area (Å²) in [5.41, 5.74) is 6.89. The Kier molecular flexibility index (Phi) is 6.41. The molecule has 36 heavy (non-hydrogen) atoms. The van der Waals surface area contributed by atoms with Crippen molar-refractivity contribution in [1.29, 1.82) is 0 Å². The predicted molar refractivity (Wildman–Crippen MR) is 142 cm³/mol. The van der Waals surface area contributed by atoms with Gasteiger partial charge in [0, 0.05) is 41.8 Å². The van der Waals surface area contributed by atoms with E-state index in [9.17, 15) is 0 Å². The Labute approximate surface area is 212 Å². The van der Waals surface area contributed by atoms with Crippen LogP contribution in [-0.2, 0) is 4.74 Å². The number of aromatic nitrogens is 4. The minimum atomic E-state index is 0.369. The number of morpholine rings is 1. The molecule has 2 saturated heterocycles. The SMILES string of the molecule is COc1cc(-c2[nH]c3ccc(C4CCN(C[C@@H]5COCCN5)CC4)cc3c2C(C)C)cn2ncnc12. The van der Waals surface area contributed by atoms with E-state index in [0.29, 0.717) is 17.9 Å². The average molecular weight is 489 g/mol. The number of benzene rings is 1. The molecule has 0 unspecified atom stereocenters. The molecule has 4 aromatic rings. The van der Waals surface area contributed by atoms with Crippen molar-refractivity contribution < 1.29 is 9.47 Å². The number of piperidine rings is 1. The molecule has 0 bridgehead atoms. The van der Waals surface area contributed by atoms with Crippen LogP contribution in [-0.4, -0.2) is 77.0 Å². The van der Waals surface area contributed by atoms with Crippen molar-refractivity contribution in [2.24, 2.45) is 0 Å². The zero-order valence-electron chi connectivity index (χ0n) is 21.5. The van der Waals surface area contributed by atoms with Crippen LogP contribution >= 0.6 is 0 Å². The Morgan fingerprint density at radius 1 is 1.19 bits per heavy atom. The number of H-pyrrole nitrogens is 1. The molecule has 2 fully saturated rings. The maximum absolute atomic E-state index is 5.64. The summed E-state index contributed by atoms with van der Waals surface area (Å²) in [7, 11) is 1.68. The van der Waals surface area contributed by atoms with E-state index >= 15 is 0 Å². The first-order chi connectivity index (χ1) is 17.6. The van der Waals surface area contributed by atoms with Crippen LogP contribution in [0.2, 0.25) is 0 Å². The van der Waals surface area contributed by atoms with Gasteiger partial charge in [-0.05, 0) is 67.1 Å². The number of methoxy groups -OCH3 is 1. The summed E-state index contributed by atoms with van der Waals surface area (Å²) in [6, 6.07) is 9.55. The van der Waals surface area contributed by atoms with E-state index in [4.69, 9.17) is 9.47 Å². The Morgan fingerprint density at radius 3 is 2.81 bits per heavy atom. The molecule has 8 heteroatoms. The normalized spacial score (nSPS) is 20.1. The third-order valence-electron chi connectivity index (χ3n) is 7.83. The van der Waals surface area contributed by atoms with E-state index in [2.05, 4.69) is 63.4 Å². The Hall–Kier alpha value is -2.94. The van der Waals surface area contributed by atoms with Gasteiger partial charge < -0.3 is 24.7 Å². The van der Waals surface area contributed by atoms with E-state index in [-0.39, 0.29) is 0 Å². The van der Waals surface area contributed by atoms with Crippen LogP contribution in [0.5, 0.6) is 5.75 Å². The fraction of sp³-hybridized carbons (Fsp3) is 0.500. The van der Waals surface area contributed by atoms with Crippen LogP contribution < -0.4 is 10.1 Å². The fourth-order valence-electron chi connectivity index (χ4n) is 5.99. The Bertz CT molecular complexity index is 1350. The monoisotopic (exact) mass is 488 g/mol. The van der Waals surface area contributed by atoms with Gasteiger partial charge in [-0.15, -0.1) is 0 Å². The fourth-order valence-corrected chi connectivity index (χ4v) is 5.99. The van der Waals surface area contributed by atoms with E-state index < -0.39 is 0 Å². The molecule has 1 atom stereocenters. The van der Waals surface area contributed by atoms with Crippen LogP contribution in [0.1, 0.15) is 49.7 Å². The summed E-state index contributed by atoms with van der Waals surface area (Å²) in [5.74, 6) is 1.69. The number of hydrogen-bond acceptors (Lipinski definition) is 6. The van der Waals surface area contributed by atoms with E-state index in [0.717, 1.165) is 62.0 Å². The lowest BCUT2D eigenvalue weighted by Crippen LogP contribution is -2.49. The molecule has 0 spiro atoms. The van der Waals surface area contributed by atoms with Gasteiger partial charge in [-0.1, -0.05) is 19.9 Å². The van der Waals surface area contributed by atoms with E-state index in [1.807, 2.05) is 6.20 Å². The van der Waals surface area contributed by atoms with E-state index in [1.54, 1.807) is 18.0 Å². The maximum Gasteiger partial charge on any atom is 0.197 e. The summed E-state index contributed by atoms with van der Waals surface area (Å²) in [5, 5.41) is 9.27. The number of likely N-dealkylation sites (tertiary alicyclic amines) is 1. The van der Waals surface area contributed by atoms with Crippen LogP contribution in [0.4, 0.5) is 0 Å². The van der Waals surface area contributed by atoms with Crippen molar-refractivity contribution >= 4 is 16.6 Å². The van der Waals surface area contributed by atoms with Gasteiger partial charge >= 0.3 is 0 Å². The highest BCUT2D eigenvalue weighted by atomic mass is 16.5. The van der Waals surface area contributed by atoms with Gasteiger partial charge in [-0.25, -0.2) is 9.50 Å². The second-order valence-electron chi connectivity index (χ2n) is 10.5. The molecule has 6 rings (SSSR count). The smallest absolute Gasteiger partial charge is 0.197 e. The molecule has 5 heterocycles. The molecule has 2 N–H and O–H groups in total. The Morgan fingerprint density at radius 2 is 2.06 bits per heavy atom. The van der Waals surface area contributed by atoms with Crippen molar-refractivity contribution in [3.63, 3.8) is 0 Å². The van der Waals surface area contributed by atoms with Gasteiger partial charge in [-0.2, -0.15) is 5.10 Å². The first-order valence-corrected chi connectivity index (χ1v) is 13.2. The molecule has 0 saturated carbocycles. The zero-order valence-corrected chi connectivity index (χ0v) is 21.5. The molecule has 190 valence electrons. The molecule has 0 radical (unpaired) electrons. The number of rotatable bonds is 6. The minimum Gasteiger partial charge on any atom is -0.493 e. The van der Waals surface area contributed by atoms with Crippen molar-refractivity contribution in [1.82, 2.24) is 29.8 Å². The summed E-state index contributed by atoms with van der Waals surface area (Å²) in [4.78, 5) is 10.6. The summed E-state index contributed by atoms with van der Waals surface area (Å²) in [6.45, 7) is 10.6. The first-order valence-electron chi connectivity index (χ1n) is 13.2. The van der Waals surface area contributed by atoms with E-state index in [1.165, 1.54) is 34.9 Å².